The summed E-state index contributed by atoms with van der Waals surface area (Å²) in [7, 11) is 0. The predicted molar refractivity (Wildman–Crippen MR) is 71.4 cm³/mol. The highest BCUT2D eigenvalue weighted by Crippen LogP contribution is 2.39. The summed E-state index contributed by atoms with van der Waals surface area (Å²) in [6.07, 6.45) is 1.68. The molecule has 3 heteroatoms. The molecule has 4 saturated heterocycles. The van der Waals surface area contributed by atoms with Crippen LogP contribution in [0.3, 0.4) is 0 Å². The Bertz CT molecular complexity index is 491. The van der Waals surface area contributed by atoms with Crippen LogP contribution >= 0.6 is 0 Å². The van der Waals surface area contributed by atoms with E-state index in [1.807, 2.05) is 12.1 Å². The van der Waals surface area contributed by atoms with Crippen LogP contribution in [0.25, 0.3) is 0 Å². The highest BCUT2D eigenvalue weighted by molar-refractivity contribution is 5.18. The van der Waals surface area contributed by atoms with Gasteiger partial charge in [-0.1, -0.05) is 12.1 Å². The molecule has 5 rings (SSSR count). The third-order valence-electron chi connectivity index (χ3n) is 5.50. The molecular formula is C16H23FN2+2. The van der Waals surface area contributed by atoms with E-state index in [1.54, 1.807) is 21.9 Å². The number of halogens is 1. The Balaban J connectivity index is 1.76. The standard InChI is InChI=1S/C16H21FN2/c1-15-7-16(2)10-18(8-15)14(19(9-15)11-16)12-5-3-4-6-13(12)17/h3-6,14H,7-11H2,1-2H3/p+2. The van der Waals surface area contributed by atoms with E-state index in [4.69, 9.17) is 0 Å². The van der Waals surface area contributed by atoms with E-state index < -0.39 is 0 Å². The first-order chi connectivity index (χ1) is 8.98. The Morgan fingerprint density at radius 1 is 1.00 bits per heavy atom. The molecular weight excluding hydrogens is 239 g/mol. The summed E-state index contributed by atoms with van der Waals surface area (Å²) in [6, 6.07) is 7.39. The maximum Gasteiger partial charge on any atom is 0.243 e. The summed E-state index contributed by atoms with van der Waals surface area (Å²) in [6.45, 7) is 9.72. The zero-order valence-corrected chi connectivity index (χ0v) is 11.8. The molecule has 0 radical (unpaired) electrons. The summed E-state index contributed by atoms with van der Waals surface area (Å²) in [5.74, 6) is -0.0183. The summed E-state index contributed by atoms with van der Waals surface area (Å²) < 4.78 is 14.2. The second-order valence-corrected chi connectivity index (χ2v) is 7.78. The second kappa shape index (κ2) is 3.58. The van der Waals surface area contributed by atoms with Crippen LogP contribution < -0.4 is 9.80 Å². The molecule has 0 saturated carbocycles. The molecule has 4 aliphatic heterocycles. The fourth-order valence-electron chi connectivity index (χ4n) is 5.57. The van der Waals surface area contributed by atoms with Crippen molar-refractivity contribution in [1.29, 1.82) is 0 Å². The molecule has 102 valence electrons. The first-order valence-electron chi connectivity index (χ1n) is 7.42. The minimum absolute atomic E-state index is 0.0183. The maximum absolute atomic E-state index is 14.2. The largest absolute Gasteiger partial charge is 0.281 e. The van der Waals surface area contributed by atoms with Crippen molar-refractivity contribution in [2.45, 2.75) is 26.4 Å². The van der Waals surface area contributed by atoms with Crippen molar-refractivity contribution in [2.24, 2.45) is 10.8 Å². The van der Waals surface area contributed by atoms with Gasteiger partial charge in [0.2, 0.25) is 6.17 Å². The van der Waals surface area contributed by atoms with Crippen molar-refractivity contribution in [3.05, 3.63) is 35.6 Å². The van der Waals surface area contributed by atoms with E-state index in [-0.39, 0.29) is 5.82 Å². The van der Waals surface area contributed by atoms with Crippen LogP contribution in [0.2, 0.25) is 0 Å². The fourth-order valence-corrected chi connectivity index (χ4v) is 5.57. The molecule has 2 N–H and O–H groups in total. The predicted octanol–water partition coefficient (Wildman–Crippen LogP) is 0.0376. The van der Waals surface area contributed by atoms with E-state index >= 15 is 0 Å². The average Bonchev–Trinajstić information content (AvgIpc) is 2.27. The van der Waals surface area contributed by atoms with Crippen molar-refractivity contribution in [3.63, 3.8) is 0 Å². The second-order valence-electron chi connectivity index (χ2n) is 7.78. The van der Waals surface area contributed by atoms with E-state index in [9.17, 15) is 4.39 Å². The van der Waals surface area contributed by atoms with Gasteiger partial charge in [0.15, 0.2) is 0 Å². The average molecular weight is 262 g/mol. The highest BCUT2D eigenvalue weighted by atomic mass is 19.1. The molecule has 0 aliphatic carbocycles. The lowest BCUT2D eigenvalue weighted by Gasteiger charge is -2.60. The molecule has 1 aromatic rings. The number of hydrogen-bond donors (Lipinski definition) is 2. The minimum atomic E-state index is -0.0183. The summed E-state index contributed by atoms with van der Waals surface area (Å²) in [5.41, 5.74) is 1.87. The fraction of sp³-hybridized carbons (Fsp3) is 0.625. The van der Waals surface area contributed by atoms with Crippen LogP contribution in [0.4, 0.5) is 4.39 Å². The van der Waals surface area contributed by atoms with E-state index in [2.05, 4.69) is 13.8 Å². The Kier molecular flexibility index (Phi) is 2.24. The lowest BCUT2D eigenvalue weighted by atomic mass is 9.63. The molecule has 4 aliphatic rings. The summed E-state index contributed by atoms with van der Waals surface area (Å²) >= 11 is 0. The molecule has 0 aromatic heterocycles. The number of hydrogen-bond acceptors (Lipinski definition) is 0. The molecule has 0 unspecified atom stereocenters. The van der Waals surface area contributed by atoms with Gasteiger partial charge in [0.05, 0.1) is 37.0 Å². The maximum atomic E-state index is 14.2. The molecule has 0 atom stereocenters. The highest BCUT2D eigenvalue weighted by Gasteiger charge is 2.63. The van der Waals surface area contributed by atoms with Gasteiger partial charge in [-0.15, -0.1) is 0 Å². The van der Waals surface area contributed by atoms with Crippen LogP contribution in [0.1, 0.15) is 32.0 Å². The van der Waals surface area contributed by atoms with Crippen molar-refractivity contribution < 1.29 is 14.2 Å². The van der Waals surface area contributed by atoms with Gasteiger partial charge >= 0.3 is 0 Å². The van der Waals surface area contributed by atoms with Crippen LogP contribution in [0, 0.1) is 16.6 Å². The van der Waals surface area contributed by atoms with Crippen molar-refractivity contribution >= 4 is 0 Å². The lowest BCUT2D eigenvalue weighted by molar-refractivity contribution is -1.18. The molecule has 19 heavy (non-hydrogen) atoms. The molecule has 0 spiro atoms. The van der Waals surface area contributed by atoms with Gasteiger partial charge in [-0.05, 0) is 32.4 Å². The van der Waals surface area contributed by atoms with E-state index in [1.165, 1.54) is 32.6 Å². The first kappa shape index (κ1) is 11.9. The monoisotopic (exact) mass is 262 g/mol. The number of piperidine rings is 2. The Morgan fingerprint density at radius 2 is 1.53 bits per heavy atom. The van der Waals surface area contributed by atoms with Crippen LogP contribution in [0.5, 0.6) is 0 Å². The van der Waals surface area contributed by atoms with Gasteiger partial charge in [-0.2, -0.15) is 0 Å². The van der Waals surface area contributed by atoms with Gasteiger partial charge in [-0.25, -0.2) is 4.39 Å². The van der Waals surface area contributed by atoms with E-state index in [0.29, 0.717) is 17.0 Å². The number of rotatable bonds is 1. The molecule has 0 amide bonds. The molecule has 4 bridgehead atoms. The third-order valence-corrected chi connectivity index (χ3v) is 5.50. The number of benzene rings is 1. The topological polar surface area (TPSA) is 8.88 Å². The molecule has 4 fully saturated rings. The van der Waals surface area contributed by atoms with Gasteiger partial charge < -0.3 is 0 Å². The quantitative estimate of drug-likeness (QED) is 0.707. The van der Waals surface area contributed by atoms with E-state index in [0.717, 1.165) is 5.56 Å². The van der Waals surface area contributed by atoms with Gasteiger partial charge in [0.1, 0.15) is 11.4 Å². The SMILES string of the molecule is CC12C[NH+]3CC(C)(C[NH+](C1)C3c1ccccc1F)C2. The summed E-state index contributed by atoms with van der Waals surface area (Å²) in [4.78, 5) is 3.21. The molecule has 2 nitrogen and oxygen atoms in total. The summed E-state index contributed by atoms with van der Waals surface area (Å²) in [5, 5.41) is 0. The van der Waals surface area contributed by atoms with Crippen molar-refractivity contribution in [3.8, 4) is 0 Å². The Hall–Kier alpha value is -0.930. The third kappa shape index (κ3) is 1.68. The van der Waals surface area contributed by atoms with Crippen molar-refractivity contribution in [1.82, 2.24) is 0 Å². The molecule has 4 heterocycles. The first-order valence-corrected chi connectivity index (χ1v) is 7.42. The molecule has 1 aromatic carbocycles. The lowest BCUT2D eigenvalue weighted by Crippen LogP contribution is -3.40. The van der Waals surface area contributed by atoms with Crippen molar-refractivity contribution in [2.75, 3.05) is 26.2 Å². The zero-order chi connectivity index (χ0) is 13.3. The minimum Gasteiger partial charge on any atom is -0.281 e. The van der Waals surface area contributed by atoms with Crippen LogP contribution in [-0.4, -0.2) is 26.2 Å². The van der Waals surface area contributed by atoms with Gasteiger partial charge in [-0.3, -0.25) is 9.80 Å². The smallest absolute Gasteiger partial charge is 0.243 e. The van der Waals surface area contributed by atoms with Crippen LogP contribution in [-0.2, 0) is 0 Å². The zero-order valence-electron chi connectivity index (χ0n) is 11.8. The number of quaternary nitrogens is 2. The van der Waals surface area contributed by atoms with Gasteiger partial charge in [0.25, 0.3) is 0 Å². The number of nitrogens with one attached hydrogen (secondary N) is 2. The Labute approximate surface area is 114 Å². The van der Waals surface area contributed by atoms with Gasteiger partial charge in [0, 0.05) is 0 Å². The normalized spacial score (nSPS) is 47.6. The Morgan fingerprint density at radius 3 is 2.05 bits per heavy atom. The van der Waals surface area contributed by atoms with Crippen LogP contribution in [0.15, 0.2) is 24.3 Å².